The van der Waals surface area contributed by atoms with Gasteiger partial charge in [0, 0.05) is 59.1 Å². The lowest BCUT2D eigenvalue weighted by Crippen LogP contribution is -2.07. The van der Waals surface area contributed by atoms with Crippen LogP contribution in [0.3, 0.4) is 0 Å². The number of ether oxygens (including phenoxy) is 3. The molecule has 0 spiro atoms. The molecular formula is C73H54N6O16. The van der Waals surface area contributed by atoms with E-state index in [1.54, 1.807) is 109 Å². The second-order valence-electron chi connectivity index (χ2n) is 22.0. The van der Waals surface area contributed by atoms with Crippen LogP contribution in [0.4, 0.5) is 34.1 Å². The second kappa shape index (κ2) is 28.5. The van der Waals surface area contributed by atoms with Crippen molar-refractivity contribution in [1.29, 1.82) is 0 Å². The molecule has 0 unspecified atom stereocenters. The summed E-state index contributed by atoms with van der Waals surface area (Å²) in [6.07, 6.45) is -0.897. The minimum atomic E-state index is -1.38. The second-order valence-corrected chi connectivity index (χ2v) is 22.0. The highest BCUT2D eigenvalue weighted by molar-refractivity contribution is 5.98. The van der Waals surface area contributed by atoms with E-state index in [0.717, 1.165) is 18.2 Å². The minimum Gasteiger partial charge on any atom is -0.507 e. The van der Waals surface area contributed by atoms with E-state index in [2.05, 4.69) is 30.7 Å². The molecule has 22 nitrogen and oxygen atoms in total. The molecule has 0 heterocycles. The Labute approximate surface area is 540 Å². The largest absolute Gasteiger partial charge is 0.507 e. The van der Waals surface area contributed by atoms with E-state index < -0.39 is 35.8 Å². The standard InChI is InChI=1S/C73H54N6O16/c80-64-44-17-10-18-45(64)20-47-27-59(75-78-62-33-53(69(86)87)24-56(36-62)72(91)94-39-42-13-6-2-7-14-42)29-49(66(47)82)22-51-31-60(76-79-63-34-54(70(88)89)25-57(37-63)73(92)95-40-43-15-8-3-9-16-43)30-50(67(51)83)21-48-28-58(26-46(19-44)65(48)81)74-77-61-32-52(68(84)85)23-55(35-61)71(90)93-38-41-11-4-1-5-12-41/h1-18,23-37,80-83H,19-22,38-40H2,(H,84,85)(H,86,87)(H,88,89). The smallest absolute Gasteiger partial charge is 0.338 e. The average Bonchev–Trinajstić information content (AvgIpc) is 1.23. The molecule has 0 saturated heterocycles. The summed E-state index contributed by atoms with van der Waals surface area (Å²) in [6, 6.07) is 51.1. The molecule has 10 aromatic rings. The van der Waals surface area contributed by atoms with Gasteiger partial charge in [0.05, 0.1) is 67.5 Å². The van der Waals surface area contributed by atoms with Gasteiger partial charge in [-0.2, -0.15) is 30.7 Å². The lowest BCUT2D eigenvalue weighted by atomic mass is 9.90. The monoisotopic (exact) mass is 1270 g/mol. The van der Waals surface area contributed by atoms with Gasteiger partial charge in [0.1, 0.15) is 42.8 Å². The summed E-state index contributed by atoms with van der Waals surface area (Å²) in [7, 11) is 0. The third-order valence-electron chi connectivity index (χ3n) is 15.2. The molecule has 0 saturated carbocycles. The van der Waals surface area contributed by atoms with Crippen LogP contribution in [0, 0.1) is 0 Å². The Morgan fingerprint density at radius 2 is 0.495 bits per heavy atom. The molecule has 0 aliphatic heterocycles. The number of rotatable bonds is 18. The fourth-order valence-electron chi connectivity index (χ4n) is 10.5. The Bertz CT molecular complexity index is 4540. The van der Waals surface area contributed by atoms with Crippen LogP contribution >= 0.6 is 0 Å². The van der Waals surface area contributed by atoms with E-state index in [1.165, 1.54) is 72.8 Å². The lowest BCUT2D eigenvalue weighted by molar-refractivity contribution is 0.0463. The third-order valence-corrected chi connectivity index (χ3v) is 15.2. The number of carboxylic acid groups (broad SMARTS) is 3. The van der Waals surface area contributed by atoms with Crippen LogP contribution < -0.4 is 0 Å². The SMILES string of the molecule is O=C(O)c1cc(N=Nc2cc3c(O)c(c2)Cc2cc(N=Nc4cc(C(=O)O)cc(C(=O)OCc5ccccc5)c4)cc(c2O)Cc2cc(N=Nc4cc(C(=O)O)cc(C(=O)OCc5ccccc5)c4)cc(c2O)Cc2cccc(c2O)C3)cc(C(=O)OCc2ccccc2)c1. The molecule has 0 fully saturated rings. The number of azo groups is 3. The Morgan fingerprint density at radius 3 is 0.747 bits per heavy atom. The highest BCUT2D eigenvalue weighted by Gasteiger charge is 2.24. The summed E-state index contributed by atoms with van der Waals surface area (Å²) in [6.45, 7) is -0.305. The van der Waals surface area contributed by atoms with Crippen molar-refractivity contribution in [2.24, 2.45) is 30.7 Å². The molecule has 11 rings (SSSR count). The zero-order valence-electron chi connectivity index (χ0n) is 50.0. The predicted octanol–water partition coefficient (Wildman–Crippen LogP) is 15.6. The van der Waals surface area contributed by atoms with E-state index in [-0.39, 0.29) is 169 Å². The summed E-state index contributed by atoms with van der Waals surface area (Å²) >= 11 is 0. The van der Waals surface area contributed by atoms with Crippen LogP contribution in [0.1, 0.15) is 123 Å². The first-order valence-corrected chi connectivity index (χ1v) is 29.2. The van der Waals surface area contributed by atoms with Gasteiger partial charge in [0.15, 0.2) is 0 Å². The minimum absolute atomic E-state index is 0.0432. The Balaban J connectivity index is 1.01. The van der Waals surface area contributed by atoms with Crippen LogP contribution in [-0.2, 0) is 59.7 Å². The summed E-state index contributed by atoms with van der Waals surface area (Å²) in [5.41, 5.74) is 2.33. The molecule has 7 N–H and O–H groups in total. The van der Waals surface area contributed by atoms with Crippen molar-refractivity contribution >= 4 is 69.9 Å². The molecule has 95 heavy (non-hydrogen) atoms. The number of nitrogens with zero attached hydrogens (tertiary/aromatic N) is 6. The van der Waals surface area contributed by atoms with Crippen molar-refractivity contribution in [3.05, 3.63) is 295 Å². The number of carbonyl (C=O) groups excluding carboxylic acids is 3. The van der Waals surface area contributed by atoms with Crippen molar-refractivity contribution in [3.63, 3.8) is 0 Å². The maximum Gasteiger partial charge on any atom is 0.338 e. The number of aromatic carboxylic acids is 3. The summed E-state index contributed by atoms with van der Waals surface area (Å²) in [4.78, 5) is 77.2. The number of hydrogen-bond acceptors (Lipinski definition) is 19. The maximum atomic E-state index is 13.4. The first kappa shape index (κ1) is 63.6. The van der Waals surface area contributed by atoms with Crippen LogP contribution in [0.15, 0.2) is 231 Å². The molecule has 1 aliphatic rings. The Morgan fingerprint density at radius 1 is 0.274 bits per heavy atom. The number of phenolic OH excluding ortho intramolecular Hbond substituents is 4. The fourth-order valence-corrected chi connectivity index (χ4v) is 10.5. The molecule has 1 aliphatic carbocycles. The zero-order chi connectivity index (χ0) is 66.7. The highest BCUT2D eigenvalue weighted by atomic mass is 16.5. The van der Waals surface area contributed by atoms with Crippen molar-refractivity contribution in [3.8, 4) is 23.0 Å². The molecule has 10 aromatic carbocycles. The first-order valence-electron chi connectivity index (χ1n) is 29.2. The molecule has 8 bridgehead atoms. The van der Waals surface area contributed by atoms with Crippen molar-refractivity contribution in [2.75, 3.05) is 0 Å². The molecular weight excluding hydrogens is 1220 g/mol. The van der Waals surface area contributed by atoms with E-state index >= 15 is 0 Å². The van der Waals surface area contributed by atoms with Gasteiger partial charge in [-0.3, -0.25) is 0 Å². The number of carbonyl (C=O) groups is 6. The summed E-state index contributed by atoms with van der Waals surface area (Å²) in [5, 5.41) is 106. The normalized spacial score (nSPS) is 12.0. The zero-order valence-corrected chi connectivity index (χ0v) is 50.0. The molecule has 22 heteroatoms. The van der Waals surface area contributed by atoms with Crippen molar-refractivity contribution < 1.29 is 78.7 Å². The van der Waals surface area contributed by atoms with Gasteiger partial charge in [0.2, 0.25) is 0 Å². The van der Waals surface area contributed by atoms with Gasteiger partial charge in [-0.15, -0.1) is 0 Å². The number of carboxylic acids is 3. The van der Waals surface area contributed by atoms with Gasteiger partial charge < -0.3 is 50.0 Å². The number of para-hydroxylation sites is 1. The quantitative estimate of drug-likeness (QED) is 0.0238. The maximum absolute atomic E-state index is 13.4. The summed E-state index contributed by atoms with van der Waals surface area (Å²) in [5.74, 6) is -7.75. The topological polar surface area (TPSA) is 346 Å². The van der Waals surface area contributed by atoms with Gasteiger partial charge in [0.25, 0.3) is 0 Å². The lowest BCUT2D eigenvalue weighted by Gasteiger charge is -2.18. The number of fused-ring (bicyclic) bond motifs is 8. The Hall–Kier alpha value is -13.0. The first-order chi connectivity index (χ1) is 45.9. The molecule has 0 atom stereocenters. The average molecular weight is 1270 g/mol. The molecule has 0 radical (unpaired) electrons. The van der Waals surface area contributed by atoms with Gasteiger partial charge in [-0.1, -0.05) is 109 Å². The number of benzene rings is 10. The van der Waals surface area contributed by atoms with Crippen molar-refractivity contribution in [2.45, 2.75) is 45.5 Å². The molecule has 0 amide bonds. The van der Waals surface area contributed by atoms with Gasteiger partial charge >= 0.3 is 35.8 Å². The van der Waals surface area contributed by atoms with Crippen molar-refractivity contribution in [1.82, 2.24) is 0 Å². The van der Waals surface area contributed by atoms with Gasteiger partial charge in [-0.25, -0.2) is 28.8 Å². The third kappa shape index (κ3) is 15.8. The molecule has 0 aromatic heterocycles. The van der Waals surface area contributed by atoms with Crippen LogP contribution in [0.25, 0.3) is 0 Å². The number of hydrogen-bond donors (Lipinski definition) is 7. The fraction of sp³-hybridized carbons (Fsp3) is 0.0959. The van der Waals surface area contributed by atoms with Crippen LogP contribution in [-0.4, -0.2) is 71.6 Å². The summed E-state index contributed by atoms with van der Waals surface area (Å²) < 4.78 is 16.5. The highest BCUT2D eigenvalue weighted by Crippen LogP contribution is 2.42. The van der Waals surface area contributed by atoms with E-state index in [4.69, 9.17) is 14.2 Å². The predicted molar refractivity (Wildman–Crippen MR) is 343 cm³/mol. The number of aromatic hydroxyl groups is 4. The number of phenols is 4. The van der Waals surface area contributed by atoms with E-state index in [9.17, 15) is 64.5 Å². The van der Waals surface area contributed by atoms with E-state index in [1.807, 2.05) is 0 Å². The number of esters is 3. The molecule has 472 valence electrons. The Kier molecular flexibility index (Phi) is 19.0. The van der Waals surface area contributed by atoms with E-state index in [0.29, 0.717) is 27.8 Å². The van der Waals surface area contributed by atoms with Crippen LogP contribution in [0.5, 0.6) is 23.0 Å². The van der Waals surface area contributed by atoms with Gasteiger partial charge in [-0.05, 0) is 119 Å². The van der Waals surface area contributed by atoms with Crippen LogP contribution in [0.2, 0.25) is 0 Å².